The minimum atomic E-state index is -0.735. The van der Waals surface area contributed by atoms with Crippen molar-refractivity contribution in [3.05, 3.63) is 25.3 Å². The van der Waals surface area contributed by atoms with Crippen LogP contribution < -0.4 is 0 Å². The van der Waals surface area contributed by atoms with Gasteiger partial charge in [-0.3, -0.25) is 14.4 Å². The maximum atomic E-state index is 14.1. The molecule has 1 N–H and O–H groups in total. The maximum Gasteiger partial charge on any atom is 0.247 e. The lowest BCUT2D eigenvalue weighted by atomic mass is 9.70. The number of nitrogens with zero attached hydrogens (tertiary/aromatic N) is 3. The molecule has 3 unspecified atom stereocenters. The summed E-state index contributed by atoms with van der Waals surface area (Å²) in [5.41, 5.74) is 0. The van der Waals surface area contributed by atoms with Crippen LogP contribution in [-0.2, 0) is 14.4 Å². The van der Waals surface area contributed by atoms with E-state index in [9.17, 15) is 19.5 Å². The van der Waals surface area contributed by atoms with Crippen molar-refractivity contribution in [1.29, 1.82) is 0 Å². The summed E-state index contributed by atoms with van der Waals surface area (Å²) >= 11 is 5.43. The molecule has 3 amide bonds. The normalized spacial score (nSPS) is 32.6. The molecule has 3 aliphatic heterocycles. The van der Waals surface area contributed by atoms with Crippen LogP contribution in [0.3, 0.4) is 0 Å². The summed E-state index contributed by atoms with van der Waals surface area (Å²) in [5, 5.41) is 9.93. The van der Waals surface area contributed by atoms with Gasteiger partial charge in [0.25, 0.3) is 0 Å². The molecule has 7 atom stereocenters. The smallest absolute Gasteiger partial charge is 0.247 e. The number of hydrogen-bond acceptors (Lipinski definition) is 5. The highest BCUT2D eigenvalue weighted by molar-refractivity contribution is 9.09. The summed E-state index contributed by atoms with van der Waals surface area (Å²) in [5.74, 6) is -1.47. The van der Waals surface area contributed by atoms with Crippen molar-refractivity contribution in [1.82, 2.24) is 14.7 Å². The Kier molecular flexibility index (Phi) is 8.62. The third-order valence-electron chi connectivity index (χ3n) is 7.37. The van der Waals surface area contributed by atoms with Crippen molar-refractivity contribution in [3.63, 3.8) is 0 Å². The van der Waals surface area contributed by atoms with E-state index < -0.39 is 28.7 Å². The Morgan fingerprint density at radius 3 is 2.44 bits per heavy atom. The molecule has 0 aromatic carbocycles. The number of aliphatic hydroxyl groups excluding tert-OH is 1. The first kappa shape index (κ1) is 27.3. The predicted molar refractivity (Wildman–Crippen MR) is 140 cm³/mol. The molecule has 7 nitrogen and oxygen atoms in total. The average molecular weight is 557 g/mol. The highest BCUT2D eigenvalue weighted by atomic mass is 79.9. The molecular weight excluding hydrogens is 518 g/mol. The van der Waals surface area contributed by atoms with E-state index in [1.807, 2.05) is 20.8 Å². The molecule has 3 fully saturated rings. The summed E-state index contributed by atoms with van der Waals surface area (Å²) in [6.07, 6.45) is 4.85. The minimum Gasteiger partial charge on any atom is -0.394 e. The zero-order valence-corrected chi connectivity index (χ0v) is 23.1. The summed E-state index contributed by atoms with van der Waals surface area (Å²) in [4.78, 5) is 47.0. The summed E-state index contributed by atoms with van der Waals surface area (Å²) in [7, 11) is 0. The molecule has 34 heavy (non-hydrogen) atoms. The van der Waals surface area contributed by atoms with Crippen LogP contribution in [0.25, 0.3) is 0 Å². The Morgan fingerprint density at radius 1 is 1.26 bits per heavy atom. The van der Waals surface area contributed by atoms with E-state index in [0.717, 1.165) is 6.42 Å². The van der Waals surface area contributed by atoms with Crippen LogP contribution in [0, 0.1) is 11.8 Å². The van der Waals surface area contributed by atoms with Crippen molar-refractivity contribution in [2.24, 2.45) is 11.8 Å². The van der Waals surface area contributed by atoms with Crippen molar-refractivity contribution < 1.29 is 19.5 Å². The molecule has 0 radical (unpaired) electrons. The fourth-order valence-corrected chi connectivity index (χ4v) is 9.56. The first-order valence-corrected chi connectivity index (χ1v) is 14.0. The third-order valence-corrected chi connectivity index (χ3v) is 10.6. The first-order valence-electron chi connectivity index (χ1n) is 12.2. The summed E-state index contributed by atoms with van der Waals surface area (Å²) in [6.45, 7) is 16.5. The number of alkyl halides is 1. The Balaban J connectivity index is 2.10. The Morgan fingerprint density at radius 2 is 1.91 bits per heavy atom. The fourth-order valence-electron chi connectivity index (χ4n) is 5.97. The van der Waals surface area contributed by atoms with Gasteiger partial charge in [-0.25, -0.2) is 0 Å². The Hall–Kier alpha value is -1.32. The number of thioether (sulfide) groups is 1. The van der Waals surface area contributed by atoms with Crippen molar-refractivity contribution >= 4 is 45.4 Å². The molecule has 3 rings (SSSR count). The molecular formula is C25H38BrN3O4S. The van der Waals surface area contributed by atoms with E-state index in [1.165, 1.54) is 0 Å². The second kappa shape index (κ2) is 10.7. The summed E-state index contributed by atoms with van der Waals surface area (Å²) < 4.78 is -0.711. The van der Waals surface area contributed by atoms with Gasteiger partial charge in [0.2, 0.25) is 17.7 Å². The van der Waals surface area contributed by atoms with Gasteiger partial charge in [-0.1, -0.05) is 35.0 Å². The molecule has 0 aromatic rings. The number of carbonyl (C=O) groups is 3. The van der Waals surface area contributed by atoms with Gasteiger partial charge < -0.3 is 19.8 Å². The lowest BCUT2D eigenvalue weighted by Crippen LogP contribution is -2.58. The number of carbonyl (C=O) groups excluding carboxylic acids is 3. The number of hydrogen-bond donors (Lipinski definition) is 1. The van der Waals surface area contributed by atoms with E-state index in [1.54, 1.807) is 45.5 Å². The summed E-state index contributed by atoms with van der Waals surface area (Å²) in [6, 6.07) is -1.33. The number of halogens is 1. The van der Waals surface area contributed by atoms with Gasteiger partial charge >= 0.3 is 0 Å². The molecule has 3 saturated heterocycles. The van der Waals surface area contributed by atoms with Gasteiger partial charge in [-0.15, -0.1) is 24.9 Å². The Labute approximate surface area is 216 Å². The van der Waals surface area contributed by atoms with Crippen LogP contribution in [0.2, 0.25) is 0 Å². The number of aliphatic hydroxyl groups is 1. The van der Waals surface area contributed by atoms with Gasteiger partial charge in [0.1, 0.15) is 6.04 Å². The van der Waals surface area contributed by atoms with Crippen LogP contribution in [0.15, 0.2) is 25.3 Å². The maximum absolute atomic E-state index is 14.1. The van der Waals surface area contributed by atoms with Gasteiger partial charge in [-0.2, -0.15) is 0 Å². The lowest BCUT2D eigenvalue weighted by molar-refractivity contribution is -0.147. The number of amides is 3. The van der Waals surface area contributed by atoms with Crippen LogP contribution in [-0.4, -0.2) is 96.7 Å². The predicted octanol–water partition coefficient (Wildman–Crippen LogP) is 2.68. The number of rotatable bonds is 11. The van der Waals surface area contributed by atoms with E-state index in [4.69, 9.17) is 0 Å². The zero-order chi connectivity index (χ0) is 25.4. The monoisotopic (exact) mass is 555 g/mol. The molecule has 3 aliphatic rings. The van der Waals surface area contributed by atoms with Gasteiger partial charge in [0.05, 0.1) is 29.2 Å². The van der Waals surface area contributed by atoms with Crippen LogP contribution in [0.5, 0.6) is 0 Å². The van der Waals surface area contributed by atoms with E-state index >= 15 is 0 Å². The van der Waals surface area contributed by atoms with Gasteiger partial charge in [0, 0.05) is 35.8 Å². The first-order chi connectivity index (χ1) is 16.1. The van der Waals surface area contributed by atoms with E-state index in [-0.39, 0.29) is 40.4 Å². The van der Waals surface area contributed by atoms with Crippen LogP contribution >= 0.6 is 27.7 Å². The van der Waals surface area contributed by atoms with Gasteiger partial charge in [-0.05, 0) is 33.6 Å². The Bertz CT molecular complexity index is 839. The largest absolute Gasteiger partial charge is 0.394 e. The third kappa shape index (κ3) is 4.26. The van der Waals surface area contributed by atoms with E-state index in [0.29, 0.717) is 26.1 Å². The molecule has 2 bridgehead atoms. The minimum absolute atomic E-state index is 0.0225. The number of fused-ring (bicyclic) bond motifs is 1. The quantitative estimate of drug-likeness (QED) is 0.313. The topological polar surface area (TPSA) is 81.2 Å². The van der Waals surface area contributed by atoms with Crippen LogP contribution in [0.1, 0.15) is 40.5 Å². The van der Waals surface area contributed by atoms with Crippen molar-refractivity contribution in [3.8, 4) is 0 Å². The zero-order valence-electron chi connectivity index (χ0n) is 20.7. The lowest BCUT2D eigenvalue weighted by Gasteiger charge is -2.40. The standard InChI is InChI=1S/C25H38BrN3O4S/c1-7-10-27(11-8-2)22(31)18-19-23(32)29(16(6)14-30)21(24(33)28(12-9-3)15(4)5)25(19)13-17(26)20(18)34-25/h7,9,15-21,30H,1,3,8,10-14H2,2,4-6H3/t16-,17?,18-,19+,20-,21?,25?/m1/s1. The number of likely N-dealkylation sites (tertiary alicyclic amines) is 1. The molecule has 0 saturated carbocycles. The van der Waals surface area contributed by atoms with E-state index in [2.05, 4.69) is 29.1 Å². The molecule has 3 heterocycles. The highest BCUT2D eigenvalue weighted by Crippen LogP contribution is 2.68. The second-order valence-corrected chi connectivity index (χ2v) is 12.6. The second-order valence-electron chi connectivity index (χ2n) is 9.89. The van der Waals surface area contributed by atoms with Gasteiger partial charge in [0.15, 0.2) is 0 Å². The molecule has 0 aromatic heterocycles. The fraction of sp³-hybridized carbons (Fsp3) is 0.720. The molecule has 190 valence electrons. The molecule has 9 heteroatoms. The van der Waals surface area contributed by atoms with Crippen LogP contribution in [0.4, 0.5) is 0 Å². The van der Waals surface area contributed by atoms with Crippen molar-refractivity contribution in [2.45, 2.75) is 73.5 Å². The molecule has 0 aliphatic carbocycles. The molecule has 1 spiro atoms. The average Bonchev–Trinajstić information content (AvgIpc) is 3.39. The SMILES string of the molecule is C=CCN(CCC)C(=O)[C@H]1[C@@H]2SC3(CC2Br)C(C(=O)N(CC=C)C(C)C)N([C@H](C)CO)C(=O)[C@H]13. The highest BCUT2D eigenvalue weighted by Gasteiger charge is 2.76. The van der Waals surface area contributed by atoms with Crippen molar-refractivity contribution in [2.75, 3.05) is 26.2 Å².